The molecule has 0 heterocycles. The summed E-state index contributed by atoms with van der Waals surface area (Å²) in [5, 5.41) is 13.8. The zero-order valence-electron chi connectivity index (χ0n) is 11.4. The fourth-order valence-electron chi connectivity index (χ4n) is 1.86. The summed E-state index contributed by atoms with van der Waals surface area (Å²) in [6.07, 6.45) is 0. The first-order valence-electron chi connectivity index (χ1n) is 5.98. The Morgan fingerprint density at radius 2 is 1.90 bits per heavy atom. The van der Waals surface area contributed by atoms with Gasteiger partial charge in [-0.3, -0.25) is 10.1 Å². The first kappa shape index (κ1) is 14.6. The Morgan fingerprint density at radius 3 is 2.52 bits per heavy atom. The van der Waals surface area contributed by atoms with E-state index in [1.165, 1.54) is 26.4 Å². The van der Waals surface area contributed by atoms with Crippen molar-refractivity contribution in [1.29, 1.82) is 0 Å². The van der Waals surface area contributed by atoms with E-state index >= 15 is 0 Å². The van der Waals surface area contributed by atoms with Gasteiger partial charge in [-0.15, -0.1) is 0 Å². The molecule has 21 heavy (non-hydrogen) atoms. The highest BCUT2D eigenvalue weighted by molar-refractivity contribution is 5.74. The number of ether oxygens (including phenoxy) is 2. The average Bonchev–Trinajstić information content (AvgIpc) is 2.46. The van der Waals surface area contributed by atoms with Gasteiger partial charge in [0.2, 0.25) is 5.82 Å². The summed E-state index contributed by atoms with van der Waals surface area (Å²) in [7, 11) is 2.96. The summed E-state index contributed by atoms with van der Waals surface area (Å²) >= 11 is 0. The number of nitrogens with one attached hydrogen (secondary N) is 1. The molecule has 0 aliphatic carbocycles. The van der Waals surface area contributed by atoms with E-state index < -0.39 is 16.4 Å². The van der Waals surface area contributed by atoms with Gasteiger partial charge in [0.05, 0.1) is 24.8 Å². The molecule has 2 aromatic carbocycles. The fraction of sp³-hybridized carbons (Fsp3) is 0.143. The molecule has 0 amide bonds. The molecule has 0 aromatic heterocycles. The first-order valence-corrected chi connectivity index (χ1v) is 5.98. The van der Waals surface area contributed by atoms with Crippen LogP contribution in [0.15, 0.2) is 36.4 Å². The number of benzene rings is 2. The van der Waals surface area contributed by atoms with Gasteiger partial charge in [-0.1, -0.05) is 6.07 Å². The van der Waals surface area contributed by atoms with E-state index in [0.29, 0.717) is 17.2 Å². The molecule has 0 spiro atoms. The van der Waals surface area contributed by atoms with Crippen LogP contribution < -0.4 is 14.8 Å². The molecule has 0 unspecified atom stereocenters. The minimum Gasteiger partial charge on any atom is -0.497 e. The van der Waals surface area contributed by atoms with Crippen molar-refractivity contribution in [1.82, 2.24) is 0 Å². The van der Waals surface area contributed by atoms with Gasteiger partial charge < -0.3 is 14.8 Å². The zero-order chi connectivity index (χ0) is 15.4. The van der Waals surface area contributed by atoms with Crippen molar-refractivity contribution in [2.24, 2.45) is 0 Å². The lowest BCUT2D eigenvalue weighted by molar-refractivity contribution is -0.386. The molecule has 0 fully saturated rings. The molecule has 0 aliphatic heterocycles. The topological polar surface area (TPSA) is 73.6 Å². The lowest BCUT2D eigenvalue weighted by Crippen LogP contribution is -2.01. The SMILES string of the molecule is COc1ccc(OC)c(Nc2cccc(F)c2[N+](=O)[O-])c1. The summed E-state index contributed by atoms with van der Waals surface area (Å²) in [6, 6.07) is 8.77. The quantitative estimate of drug-likeness (QED) is 0.674. The first-order chi connectivity index (χ1) is 10.1. The summed E-state index contributed by atoms with van der Waals surface area (Å²) in [6.45, 7) is 0. The van der Waals surface area contributed by atoms with Crippen LogP contribution in [0.5, 0.6) is 11.5 Å². The van der Waals surface area contributed by atoms with Crippen molar-refractivity contribution in [3.05, 3.63) is 52.3 Å². The number of nitrogens with zero attached hydrogens (tertiary/aromatic N) is 1. The third-order valence-corrected chi connectivity index (χ3v) is 2.85. The molecular weight excluding hydrogens is 279 g/mol. The molecule has 0 bridgehead atoms. The Hall–Kier alpha value is -2.83. The number of hydrogen-bond acceptors (Lipinski definition) is 5. The van der Waals surface area contributed by atoms with Gasteiger partial charge in [-0.05, 0) is 24.3 Å². The number of nitro groups is 1. The van der Waals surface area contributed by atoms with E-state index in [-0.39, 0.29) is 5.69 Å². The number of nitro benzene ring substituents is 1. The highest BCUT2D eigenvalue weighted by atomic mass is 19.1. The van der Waals surface area contributed by atoms with Gasteiger partial charge >= 0.3 is 5.69 Å². The van der Waals surface area contributed by atoms with Gasteiger partial charge in [0.1, 0.15) is 17.2 Å². The largest absolute Gasteiger partial charge is 0.497 e. The van der Waals surface area contributed by atoms with E-state index in [4.69, 9.17) is 9.47 Å². The van der Waals surface area contributed by atoms with Crippen molar-refractivity contribution in [3.63, 3.8) is 0 Å². The van der Waals surface area contributed by atoms with Crippen molar-refractivity contribution >= 4 is 17.1 Å². The highest BCUT2D eigenvalue weighted by Crippen LogP contribution is 2.35. The van der Waals surface area contributed by atoms with Gasteiger partial charge in [0.15, 0.2) is 0 Å². The molecule has 7 heteroatoms. The monoisotopic (exact) mass is 292 g/mol. The Balaban J connectivity index is 2.47. The summed E-state index contributed by atoms with van der Waals surface area (Å²) < 4.78 is 23.8. The van der Waals surface area contributed by atoms with E-state index in [0.717, 1.165) is 6.07 Å². The molecule has 2 rings (SSSR count). The maximum absolute atomic E-state index is 13.6. The Morgan fingerprint density at radius 1 is 1.14 bits per heavy atom. The second kappa shape index (κ2) is 6.08. The normalized spacial score (nSPS) is 10.0. The predicted molar refractivity (Wildman–Crippen MR) is 75.9 cm³/mol. The van der Waals surface area contributed by atoms with E-state index in [9.17, 15) is 14.5 Å². The molecule has 110 valence electrons. The number of anilines is 2. The van der Waals surface area contributed by atoms with Crippen LogP contribution in [0.4, 0.5) is 21.5 Å². The van der Waals surface area contributed by atoms with Crippen molar-refractivity contribution in [2.45, 2.75) is 0 Å². The zero-order valence-corrected chi connectivity index (χ0v) is 11.4. The summed E-state index contributed by atoms with van der Waals surface area (Å²) in [4.78, 5) is 10.2. The Labute approximate surface area is 120 Å². The van der Waals surface area contributed by atoms with Gasteiger partial charge in [-0.2, -0.15) is 4.39 Å². The fourth-order valence-corrected chi connectivity index (χ4v) is 1.86. The highest BCUT2D eigenvalue weighted by Gasteiger charge is 2.20. The van der Waals surface area contributed by atoms with E-state index in [1.54, 1.807) is 18.2 Å². The predicted octanol–water partition coefficient (Wildman–Crippen LogP) is 3.49. The second-order valence-electron chi connectivity index (χ2n) is 4.08. The van der Waals surface area contributed by atoms with E-state index in [1.807, 2.05) is 0 Å². The summed E-state index contributed by atoms with van der Waals surface area (Å²) in [5.41, 5.74) is -0.153. The molecule has 0 radical (unpaired) electrons. The Kier molecular flexibility index (Phi) is 4.22. The van der Waals surface area contributed by atoms with E-state index in [2.05, 4.69) is 5.32 Å². The standard InChI is InChI=1S/C14H13FN2O4/c1-20-9-6-7-13(21-2)12(8-9)16-11-5-3-4-10(15)14(11)17(18)19/h3-8,16H,1-2H3. The van der Waals surface area contributed by atoms with Gasteiger partial charge in [0.25, 0.3) is 0 Å². The van der Waals surface area contributed by atoms with Crippen molar-refractivity contribution in [2.75, 3.05) is 19.5 Å². The van der Waals surface area contributed by atoms with Crippen molar-refractivity contribution in [3.8, 4) is 11.5 Å². The third kappa shape index (κ3) is 3.02. The molecule has 0 saturated heterocycles. The molecule has 6 nitrogen and oxygen atoms in total. The number of hydrogen-bond donors (Lipinski definition) is 1. The molecule has 2 aromatic rings. The minimum absolute atomic E-state index is 0.0338. The van der Waals surface area contributed by atoms with Crippen LogP contribution in [0, 0.1) is 15.9 Å². The number of para-hydroxylation sites is 1. The minimum atomic E-state index is -0.910. The molecule has 0 saturated carbocycles. The second-order valence-corrected chi connectivity index (χ2v) is 4.08. The molecule has 1 N–H and O–H groups in total. The van der Waals surface area contributed by atoms with Crippen LogP contribution in [0.25, 0.3) is 0 Å². The molecule has 0 atom stereocenters. The van der Waals surface area contributed by atoms with Gasteiger partial charge in [0, 0.05) is 6.07 Å². The van der Waals surface area contributed by atoms with Crippen LogP contribution in [0.2, 0.25) is 0 Å². The van der Waals surface area contributed by atoms with Crippen LogP contribution in [0.1, 0.15) is 0 Å². The maximum atomic E-state index is 13.6. The number of rotatable bonds is 5. The van der Waals surface area contributed by atoms with Crippen LogP contribution in [-0.2, 0) is 0 Å². The number of methoxy groups -OCH3 is 2. The maximum Gasteiger partial charge on any atom is 0.327 e. The summed E-state index contributed by atoms with van der Waals surface area (Å²) in [5.74, 6) is 0.0820. The molecule has 0 aliphatic rings. The average molecular weight is 292 g/mol. The van der Waals surface area contributed by atoms with Crippen LogP contribution in [-0.4, -0.2) is 19.1 Å². The lowest BCUT2D eigenvalue weighted by atomic mass is 10.2. The van der Waals surface area contributed by atoms with Crippen molar-refractivity contribution < 1.29 is 18.8 Å². The molecular formula is C14H13FN2O4. The number of halogens is 1. The van der Waals surface area contributed by atoms with Crippen LogP contribution >= 0.6 is 0 Å². The third-order valence-electron chi connectivity index (χ3n) is 2.85. The Bertz CT molecular complexity index is 676. The lowest BCUT2D eigenvalue weighted by Gasteiger charge is -2.13. The van der Waals surface area contributed by atoms with Crippen LogP contribution in [0.3, 0.4) is 0 Å². The van der Waals surface area contributed by atoms with Gasteiger partial charge in [-0.25, -0.2) is 0 Å². The smallest absolute Gasteiger partial charge is 0.327 e.